The van der Waals surface area contributed by atoms with Gasteiger partial charge in [0, 0.05) is 6.54 Å². The van der Waals surface area contributed by atoms with Crippen LogP contribution in [0.3, 0.4) is 0 Å². The van der Waals surface area contributed by atoms with Crippen LogP contribution in [-0.2, 0) is 9.63 Å². The van der Waals surface area contributed by atoms with E-state index in [-0.39, 0.29) is 19.2 Å². The molecule has 6 nitrogen and oxygen atoms in total. The summed E-state index contributed by atoms with van der Waals surface area (Å²) < 4.78 is 0. The number of terminal acetylenes is 1. The lowest BCUT2D eigenvalue weighted by atomic mass is 10.3. The van der Waals surface area contributed by atoms with Crippen LogP contribution < -0.4 is 16.1 Å². The number of hydrogen-bond donors (Lipinski definition) is 3. The van der Waals surface area contributed by atoms with E-state index in [1.165, 1.54) is 0 Å². The number of carbonyl (C=O) groups is 2. The first-order valence-electron chi connectivity index (χ1n) is 3.63. The largest absolute Gasteiger partial charge is 0.336 e. The van der Waals surface area contributed by atoms with Gasteiger partial charge in [0.05, 0.1) is 0 Å². The molecule has 0 aromatic heterocycles. The molecule has 1 heterocycles. The van der Waals surface area contributed by atoms with Gasteiger partial charge >= 0.3 is 6.03 Å². The van der Waals surface area contributed by atoms with Crippen LogP contribution in [0.15, 0.2) is 0 Å². The summed E-state index contributed by atoms with van der Waals surface area (Å²) in [5.74, 6) is 1.76. The van der Waals surface area contributed by atoms with E-state index in [4.69, 9.17) is 6.42 Å². The van der Waals surface area contributed by atoms with E-state index < -0.39 is 11.9 Å². The molecule has 0 bridgehead atoms. The van der Waals surface area contributed by atoms with Gasteiger partial charge in [-0.3, -0.25) is 9.63 Å². The van der Waals surface area contributed by atoms with Crippen molar-refractivity contribution in [3.8, 4) is 12.3 Å². The first kappa shape index (κ1) is 9.35. The molecular formula is C7H9N3O3. The van der Waals surface area contributed by atoms with E-state index in [0.717, 1.165) is 0 Å². The van der Waals surface area contributed by atoms with Crippen molar-refractivity contribution in [2.45, 2.75) is 6.04 Å². The summed E-state index contributed by atoms with van der Waals surface area (Å²) in [6.45, 7) is 0.254. The molecule has 1 aliphatic rings. The van der Waals surface area contributed by atoms with Crippen molar-refractivity contribution in [1.82, 2.24) is 16.1 Å². The fourth-order valence-electron chi connectivity index (χ4n) is 0.833. The topological polar surface area (TPSA) is 79.5 Å². The highest BCUT2D eigenvalue weighted by molar-refractivity contribution is 5.89. The monoisotopic (exact) mass is 183 g/mol. The third kappa shape index (κ3) is 2.65. The van der Waals surface area contributed by atoms with E-state index in [1.807, 2.05) is 0 Å². The van der Waals surface area contributed by atoms with Crippen LogP contribution >= 0.6 is 0 Å². The van der Waals surface area contributed by atoms with Crippen molar-refractivity contribution in [2.75, 3.05) is 13.2 Å². The van der Waals surface area contributed by atoms with E-state index in [2.05, 4.69) is 26.9 Å². The van der Waals surface area contributed by atoms with E-state index in [9.17, 15) is 9.59 Å². The molecule has 1 saturated heterocycles. The Morgan fingerprint density at radius 3 is 3.15 bits per heavy atom. The van der Waals surface area contributed by atoms with Gasteiger partial charge < -0.3 is 10.6 Å². The number of carbonyl (C=O) groups excluding carboxylic acids is 2. The molecular weight excluding hydrogens is 174 g/mol. The fourth-order valence-corrected chi connectivity index (χ4v) is 0.833. The molecule has 3 amide bonds. The van der Waals surface area contributed by atoms with Crippen molar-refractivity contribution in [1.29, 1.82) is 0 Å². The minimum Gasteiger partial charge on any atom is -0.336 e. The second-order valence-electron chi connectivity index (χ2n) is 2.37. The van der Waals surface area contributed by atoms with Crippen molar-refractivity contribution in [3.05, 3.63) is 0 Å². The number of hydroxylamine groups is 1. The summed E-state index contributed by atoms with van der Waals surface area (Å²) in [5.41, 5.74) is 2.11. The quantitative estimate of drug-likeness (QED) is 0.278. The second kappa shape index (κ2) is 4.33. The van der Waals surface area contributed by atoms with E-state index >= 15 is 0 Å². The Labute approximate surface area is 75.0 Å². The zero-order valence-electron chi connectivity index (χ0n) is 6.79. The predicted octanol–water partition coefficient (Wildman–Crippen LogP) is -1.65. The molecule has 3 N–H and O–H groups in total. The molecule has 70 valence electrons. The number of urea groups is 1. The summed E-state index contributed by atoms with van der Waals surface area (Å²) >= 11 is 0. The van der Waals surface area contributed by atoms with Gasteiger partial charge in [-0.2, -0.15) is 0 Å². The minimum absolute atomic E-state index is 0.000164. The van der Waals surface area contributed by atoms with Crippen molar-refractivity contribution >= 4 is 11.9 Å². The summed E-state index contributed by atoms with van der Waals surface area (Å²) in [4.78, 5) is 26.3. The van der Waals surface area contributed by atoms with Gasteiger partial charge in [-0.05, 0) is 0 Å². The standard InChI is InChI=1S/C7H9N3O3/c1-2-3-13-10-6(11)5-4-8-7(12)9-5/h1,5H,3-4H2,(H,10,11)(H2,8,9,12). The highest BCUT2D eigenvalue weighted by atomic mass is 16.6. The summed E-state index contributed by atoms with van der Waals surface area (Å²) in [6, 6.07) is -0.956. The Bertz CT molecular complexity index is 258. The lowest BCUT2D eigenvalue weighted by Gasteiger charge is -2.07. The highest BCUT2D eigenvalue weighted by Gasteiger charge is 2.26. The average molecular weight is 183 g/mol. The molecule has 0 aromatic rings. The number of nitrogens with one attached hydrogen (secondary N) is 3. The van der Waals surface area contributed by atoms with Gasteiger partial charge in [0.1, 0.15) is 12.6 Å². The number of hydrogen-bond acceptors (Lipinski definition) is 3. The molecule has 0 aliphatic carbocycles. The Hall–Kier alpha value is -1.74. The van der Waals surface area contributed by atoms with Gasteiger partial charge in [0.25, 0.3) is 5.91 Å². The maximum absolute atomic E-state index is 11.1. The van der Waals surface area contributed by atoms with E-state index in [0.29, 0.717) is 0 Å². The minimum atomic E-state index is -0.592. The van der Waals surface area contributed by atoms with Crippen molar-refractivity contribution in [3.63, 3.8) is 0 Å². The normalized spacial score (nSPS) is 19.9. The molecule has 1 aliphatic heterocycles. The maximum atomic E-state index is 11.1. The van der Waals surface area contributed by atoms with Crippen LogP contribution in [0, 0.1) is 12.3 Å². The number of amides is 3. The van der Waals surface area contributed by atoms with Crippen LogP contribution in [0.2, 0.25) is 0 Å². The molecule has 1 unspecified atom stereocenters. The molecule has 0 spiro atoms. The third-order valence-electron chi connectivity index (χ3n) is 1.42. The van der Waals surface area contributed by atoms with Crippen LogP contribution in [-0.4, -0.2) is 31.1 Å². The van der Waals surface area contributed by atoms with Crippen LogP contribution in [0.4, 0.5) is 4.79 Å². The second-order valence-corrected chi connectivity index (χ2v) is 2.37. The van der Waals surface area contributed by atoms with Crippen molar-refractivity contribution in [2.24, 2.45) is 0 Å². The van der Waals surface area contributed by atoms with Crippen LogP contribution in [0.5, 0.6) is 0 Å². The first-order chi connectivity index (χ1) is 6.24. The lowest BCUT2D eigenvalue weighted by molar-refractivity contribution is -0.133. The molecule has 1 fully saturated rings. The lowest BCUT2D eigenvalue weighted by Crippen LogP contribution is -2.42. The molecule has 0 saturated carbocycles. The zero-order valence-corrected chi connectivity index (χ0v) is 6.79. The summed E-state index contributed by atoms with van der Waals surface area (Å²) in [6.07, 6.45) is 4.88. The molecule has 1 atom stereocenters. The summed E-state index contributed by atoms with van der Waals surface area (Å²) in [5, 5.41) is 4.82. The molecule has 0 aromatic carbocycles. The SMILES string of the molecule is C#CCONC(=O)C1CNC(=O)N1. The average Bonchev–Trinajstić information content (AvgIpc) is 2.52. The highest BCUT2D eigenvalue weighted by Crippen LogP contribution is 1.89. The van der Waals surface area contributed by atoms with Crippen LogP contribution in [0.1, 0.15) is 0 Å². The Morgan fingerprint density at radius 1 is 1.85 bits per heavy atom. The first-order valence-corrected chi connectivity index (χ1v) is 3.63. The molecule has 13 heavy (non-hydrogen) atoms. The smallest absolute Gasteiger partial charge is 0.315 e. The molecule has 0 radical (unpaired) electrons. The Balaban J connectivity index is 2.24. The maximum Gasteiger partial charge on any atom is 0.315 e. The fraction of sp³-hybridized carbons (Fsp3) is 0.429. The van der Waals surface area contributed by atoms with Gasteiger partial charge in [0.15, 0.2) is 0 Å². The molecule has 6 heteroatoms. The number of rotatable bonds is 3. The van der Waals surface area contributed by atoms with Crippen molar-refractivity contribution < 1.29 is 14.4 Å². The van der Waals surface area contributed by atoms with Gasteiger partial charge in [-0.15, -0.1) is 6.42 Å². The van der Waals surface area contributed by atoms with Gasteiger partial charge in [-0.1, -0.05) is 5.92 Å². The molecule has 1 rings (SSSR count). The van der Waals surface area contributed by atoms with E-state index in [1.54, 1.807) is 0 Å². The predicted molar refractivity (Wildman–Crippen MR) is 43.3 cm³/mol. The van der Waals surface area contributed by atoms with Gasteiger partial charge in [-0.25, -0.2) is 10.3 Å². The van der Waals surface area contributed by atoms with Gasteiger partial charge in [0.2, 0.25) is 0 Å². The van der Waals surface area contributed by atoms with Crippen LogP contribution in [0.25, 0.3) is 0 Å². The Kier molecular flexibility index (Phi) is 3.11. The third-order valence-corrected chi connectivity index (χ3v) is 1.42. The zero-order chi connectivity index (χ0) is 9.68. The summed E-state index contributed by atoms with van der Waals surface area (Å²) in [7, 11) is 0. The Morgan fingerprint density at radius 2 is 2.62 bits per heavy atom.